The Morgan fingerprint density at radius 3 is 2.50 bits per heavy atom. The molecule has 0 radical (unpaired) electrons. The zero-order valence-corrected chi connectivity index (χ0v) is 10.8. The molecule has 0 spiro atoms. The fourth-order valence-corrected chi connectivity index (χ4v) is 1.63. The van der Waals surface area contributed by atoms with E-state index in [0.29, 0.717) is 5.56 Å². The first-order valence-corrected chi connectivity index (χ1v) is 5.52. The van der Waals surface area contributed by atoms with Crippen molar-refractivity contribution in [3.05, 3.63) is 29.6 Å². The maximum Gasteiger partial charge on any atom is 0.126 e. The molecule has 0 aliphatic carbocycles. The Morgan fingerprint density at radius 1 is 1.38 bits per heavy atom. The van der Waals surface area contributed by atoms with Crippen LogP contribution in [-0.2, 0) is 0 Å². The lowest BCUT2D eigenvalue weighted by molar-refractivity contribution is 0.428. The molecule has 2 nitrogen and oxygen atoms in total. The fourth-order valence-electron chi connectivity index (χ4n) is 1.63. The molecule has 0 atom stereocenters. The van der Waals surface area contributed by atoms with Crippen LogP contribution in [-0.4, -0.2) is 26.2 Å². The van der Waals surface area contributed by atoms with E-state index < -0.39 is 0 Å². The summed E-state index contributed by atoms with van der Waals surface area (Å²) >= 11 is 0. The molecule has 1 aromatic carbocycles. The summed E-state index contributed by atoms with van der Waals surface area (Å²) < 4.78 is 13.1. The number of nitrogens with zero attached hydrogens (tertiary/aromatic N) is 1. The van der Waals surface area contributed by atoms with Gasteiger partial charge in [0.05, 0.1) is 0 Å². The van der Waals surface area contributed by atoms with Crippen molar-refractivity contribution in [3.63, 3.8) is 0 Å². The van der Waals surface area contributed by atoms with Crippen LogP contribution in [0.4, 0.5) is 10.1 Å². The van der Waals surface area contributed by atoms with E-state index in [2.05, 4.69) is 24.1 Å². The first-order valence-electron chi connectivity index (χ1n) is 5.52. The third kappa shape index (κ3) is 3.20. The van der Waals surface area contributed by atoms with Gasteiger partial charge in [0.1, 0.15) is 5.82 Å². The fraction of sp³-hybridized carbons (Fsp3) is 0.538. The summed E-state index contributed by atoms with van der Waals surface area (Å²) in [6, 6.07) is 5.21. The summed E-state index contributed by atoms with van der Waals surface area (Å²) in [6.07, 6.45) is 0. The van der Waals surface area contributed by atoms with Crippen molar-refractivity contribution in [1.29, 1.82) is 0 Å². The van der Waals surface area contributed by atoms with E-state index in [4.69, 9.17) is 0 Å². The summed E-state index contributed by atoms with van der Waals surface area (Å²) in [4.78, 5) is 2.13. The molecule has 3 heteroatoms. The molecular formula is C13H21FN2. The zero-order valence-electron chi connectivity index (χ0n) is 10.8. The van der Waals surface area contributed by atoms with Crippen LogP contribution in [0, 0.1) is 12.7 Å². The lowest BCUT2D eigenvalue weighted by atomic mass is 10.1. The van der Waals surface area contributed by atoms with Gasteiger partial charge in [-0.25, -0.2) is 4.39 Å². The molecule has 0 heterocycles. The molecule has 1 rings (SSSR count). The second-order valence-electron chi connectivity index (χ2n) is 4.92. The molecule has 0 fully saturated rings. The molecule has 0 unspecified atom stereocenters. The van der Waals surface area contributed by atoms with Gasteiger partial charge in [0, 0.05) is 24.8 Å². The van der Waals surface area contributed by atoms with Crippen molar-refractivity contribution in [2.45, 2.75) is 26.3 Å². The average Bonchev–Trinajstić information content (AvgIpc) is 2.21. The van der Waals surface area contributed by atoms with Crippen molar-refractivity contribution >= 4 is 5.69 Å². The van der Waals surface area contributed by atoms with Crippen molar-refractivity contribution in [3.8, 4) is 0 Å². The lowest BCUT2D eigenvalue weighted by Gasteiger charge is -2.31. The Morgan fingerprint density at radius 2 is 2.00 bits per heavy atom. The van der Waals surface area contributed by atoms with Gasteiger partial charge in [0.15, 0.2) is 0 Å². The highest BCUT2D eigenvalue weighted by Gasteiger charge is 2.17. The molecule has 0 aromatic heterocycles. The van der Waals surface area contributed by atoms with Crippen LogP contribution >= 0.6 is 0 Å². The molecule has 0 aliphatic heterocycles. The highest BCUT2D eigenvalue weighted by molar-refractivity contribution is 5.48. The van der Waals surface area contributed by atoms with Gasteiger partial charge in [-0.1, -0.05) is 0 Å². The minimum Gasteiger partial charge on any atom is -0.373 e. The number of nitrogens with one attached hydrogen (secondary N) is 1. The quantitative estimate of drug-likeness (QED) is 0.845. The molecule has 16 heavy (non-hydrogen) atoms. The van der Waals surface area contributed by atoms with Crippen LogP contribution in [0.25, 0.3) is 0 Å². The molecule has 0 aliphatic rings. The summed E-state index contributed by atoms with van der Waals surface area (Å²) in [5, 5.41) is 3.25. The molecule has 0 bridgehead atoms. The maximum atomic E-state index is 13.1. The standard InChI is InChI=1S/C13H21FN2/c1-10-8-11(6-7-12(10)14)16(5)9-13(2,3)15-4/h6-8,15H,9H2,1-5H3. The minimum absolute atomic E-state index is 0.0387. The molecule has 0 saturated heterocycles. The normalized spacial score (nSPS) is 11.6. The van der Waals surface area contributed by atoms with Gasteiger partial charge in [0.2, 0.25) is 0 Å². The van der Waals surface area contributed by atoms with Crippen LogP contribution in [0.2, 0.25) is 0 Å². The van der Waals surface area contributed by atoms with Gasteiger partial charge in [-0.05, 0) is 51.6 Å². The summed E-state index contributed by atoms with van der Waals surface area (Å²) in [5.41, 5.74) is 1.77. The topological polar surface area (TPSA) is 15.3 Å². The number of anilines is 1. The van der Waals surface area contributed by atoms with Crippen molar-refractivity contribution < 1.29 is 4.39 Å². The smallest absolute Gasteiger partial charge is 0.126 e. The van der Waals surface area contributed by atoms with Gasteiger partial charge in [0.25, 0.3) is 0 Å². The zero-order chi connectivity index (χ0) is 12.3. The molecule has 1 aromatic rings. The van der Waals surface area contributed by atoms with Crippen LogP contribution in [0.1, 0.15) is 19.4 Å². The van der Waals surface area contributed by atoms with E-state index in [1.54, 1.807) is 6.92 Å². The molecule has 0 amide bonds. The number of hydrogen-bond acceptors (Lipinski definition) is 2. The number of halogens is 1. The SMILES string of the molecule is CNC(C)(C)CN(C)c1ccc(F)c(C)c1. The van der Waals surface area contributed by atoms with Crippen molar-refractivity contribution in [2.24, 2.45) is 0 Å². The first kappa shape index (κ1) is 13.0. The second-order valence-corrected chi connectivity index (χ2v) is 4.92. The minimum atomic E-state index is -0.148. The van der Waals surface area contributed by atoms with E-state index in [-0.39, 0.29) is 11.4 Å². The van der Waals surface area contributed by atoms with E-state index >= 15 is 0 Å². The highest BCUT2D eigenvalue weighted by atomic mass is 19.1. The van der Waals surface area contributed by atoms with Crippen LogP contribution in [0.15, 0.2) is 18.2 Å². The largest absolute Gasteiger partial charge is 0.373 e. The Balaban J connectivity index is 2.81. The number of likely N-dealkylation sites (N-methyl/N-ethyl adjacent to an activating group) is 2. The maximum absolute atomic E-state index is 13.1. The third-order valence-electron chi connectivity index (χ3n) is 2.89. The monoisotopic (exact) mass is 224 g/mol. The highest BCUT2D eigenvalue weighted by Crippen LogP contribution is 2.18. The van der Waals surface area contributed by atoms with Crippen LogP contribution in [0.5, 0.6) is 0 Å². The molecule has 90 valence electrons. The van der Waals surface area contributed by atoms with Gasteiger partial charge in [-0.3, -0.25) is 0 Å². The van der Waals surface area contributed by atoms with Gasteiger partial charge in [-0.2, -0.15) is 0 Å². The number of benzene rings is 1. The molecule has 0 saturated carbocycles. The van der Waals surface area contributed by atoms with Gasteiger partial charge in [-0.15, -0.1) is 0 Å². The van der Waals surface area contributed by atoms with Crippen molar-refractivity contribution in [2.75, 3.05) is 25.5 Å². The van der Waals surface area contributed by atoms with Crippen molar-refractivity contribution in [1.82, 2.24) is 5.32 Å². The Bertz CT molecular complexity index is 361. The molecule has 1 N–H and O–H groups in total. The van der Waals surface area contributed by atoms with E-state index in [0.717, 1.165) is 12.2 Å². The van der Waals surface area contributed by atoms with E-state index in [1.807, 2.05) is 26.2 Å². The predicted octanol–water partition coefficient (Wildman–Crippen LogP) is 2.57. The van der Waals surface area contributed by atoms with E-state index in [9.17, 15) is 4.39 Å². The number of rotatable bonds is 4. The average molecular weight is 224 g/mol. The summed E-state index contributed by atoms with van der Waals surface area (Å²) in [6.45, 7) is 6.93. The van der Waals surface area contributed by atoms with Crippen LogP contribution in [0.3, 0.4) is 0 Å². The van der Waals surface area contributed by atoms with E-state index in [1.165, 1.54) is 6.07 Å². The molecular weight excluding hydrogens is 203 g/mol. The first-order chi connectivity index (χ1) is 7.35. The second kappa shape index (κ2) is 4.83. The summed E-state index contributed by atoms with van der Waals surface area (Å²) in [7, 11) is 3.97. The van der Waals surface area contributed by atoms with Crippen LogP contribution < -0.4 is 10.2 Å². The Labute approximate surface area is 97.5 Å². The lowest BCUT2D eigenvalue weighted by Crippen LogP contribution is -2.46. The predicted molar refractivity (Wildman–Crippen MR) is 67.5 cm³/mol. The van der Waals surface area contributed by atoms with Gasteiger partial charge < -0.3 is 10.2 Å². The Kier molecular flexibility index (Phi) is 3.92. The third-order valence-corrected chi connectivity index (χ3v) is 2.89. The summed E-state index contributed by atoms with van der Waals surface area (Å²) in [5.74, 6) is -0.148. The number of aryl methyl sites for hydroxylation is 1. The number of hydrogen-bond donors (Lipinski definition) is 1. The van der Waals surface area contributed by atoms with Gasteiger partial charge >= 0.3 is 0 Å². The Hall–Kier alpha value is -1.09.